The number of likely N-dealkylation sites (N-methyl/N-ethyl adjacent to an activating group) is 1. The van der Waals surface area contributed by atoms with Gasteiger partial charge in [0.25, 0.3) is 0 Å². The van der Waals surface area contributed by atoms with Crippen molar-refractivity contribution in [3.63, 3.8) is 0 Å². The van der Waals surface area contributed by atoms with E-state index < -0.39 is 28.5 Å². The summed E-state index contributed by atoms with van der Waals surface area (Å²) in [6, 6.07) is 13.0. The zero-order chi connectivity index (χ0) is 23.9. The molecule has 0 heterocycles. The highest BCUT2D eigenvalue weighted by atomic mass is 79.9. The van der Waals surface area contributed by atoms with Crippen LogP contribution in [0.1, 0.15) is 19.4 Å². The van der Waals surface area contributed by atoms with E-state index in [1.807, 2.05) is 24.3 Å². The minimum absolute atomic E-state index is 0.157. The van der Waals surface area contributed by atoms with Crippen LogP contribution < -0.4 is 14.4 Å². The molecule has 0 radical (unpaired) electrons. The first-order chi connectivity index (χ1) is 15.1. The molecular weight excluding hydrogens is 498 g/mol. The predicted octanol–water partition coefficient (Wildman–Crippen LogP) is 2.78. The summed E-state index contributed by atoms with van der Waals surface area (Å²) in [6.07, 6.45) is 1.04. The molecule has 0 aromatic heterocycles. The van der Waals surface area contributed by atoms with Crippen LogP contribution in [0, 0.1) is 0 Å². The molecule has 1 atom stereocenters. The fraction of sp³-hybridized carbons (Fsp3) is 0.364. The molecule has 0 saturated carbocycles. The van der Waals surface area contributed by atoms with E-state index in [1.54, 1.807) is 38.1 Å². The van der Waals surface area contributed by atoms with Crippen molar-refractivity contribution in [3.05, 3.63) is 58.6 Å². The molecule has 1 N–H and O–H groups in total. The summed E-state index contributed by atoms with van der Waals surface area (Å²) in [5.41, 5.74) is 1.14. The molecule has 2 amide bonds. The van der Waals surface area contributed by atoms with Gasteiger partial charge in [0, 0.05) is 17.6 Å². The Bertz CT molecular complexity index is 1030. The fourth-order valence-electron chi connectivity index (χ4n) is 3.05. The van der Waals surface area contributed by atoms with Gasteiger partial charge in [-0.25, -0.2) is 8.42 Å². The zero-order valence-corrected chi connectivity index (χ0v) is 20.9. The summed E-state index contributed by atoms with van der Waals surface area (Å²) in [5.74, 6) is -0.239. The summed E-state index contributed by atoms with van der Waals surface area (Å²) in [5, 5.41) is 2.72. The zero-order valence-electron chi connectivity index (χ0n) is 18.5. The molecule has 10 heteroatoms. The van der Waals surface area contributed by atoms with Crippen molar-refractivity contribution < 1.29 is 22.7 Å². The Balaban J connectivity index is 2.35. The number of halogens is 1. The molecule has 2 aromatic rings. The number of benzene rings is 2. The van der Waals surface area contributed by atoms with Crippen LogP contribution in [0.25, 0.3) is 0 Å². The van der Waals surface area contributed by atoms with Gasteiger partial charge in [-0.3, -0.25) is 13.9 Å². The molecule has 0 saturated heterocycles. The number of carbonyl (C=O) groups excluding carboxylic acids is 2. The average molecular weight is 526 g/mol. The van der Waals surface area contributed by atoms with Gasteiger partial charge in [0.1, 0.15) is 18.3 Å². The van der Waals surface area contributed by atoms with Crippen molar-refractivity contribution in [1.29, 1.82) is 0 Å². The van der Waals surface area contributed by atoms with Crippen molar-refractivity contribution in [2.75, 3.05) is 30.8 Å². The molecule has 0 aliphatic carbocycles. The number of rotatable bonds is 10. The molecule has 2 rings (SSSR count). The maximum Gasteiger partial charge on any atom is 0.244 e. The summed E-state index contributed by atoms with van der Waals surface area (Å²) >= 11 is 3.38. The minimum Gasteiger partial charge on any atom is -0.497 e. The average Bonchev–Trinajstić information content (AvgIpc) is 2.76. The third-order valence-corrected chi connectivity index (χ3v) is 6.49. The molecule has 0 bridgehead atoms. The van der Waals surface area contributed by atoms with E-state index in [4.69, 9.17) is 4.74 Å². The van der Waals surface area contributed by atoms with E-state index in [-0.39, 0.29) is 12.5 Å². The number of amides is 2. The molecule has 0 spiro atoms. The lowest BCUT2D eigenvalue weighted by Crippen LogP contribution is -2.51. The number of ether oxygens (including phenoxy) is 1. The Hall–Kier alpha value is -2.59. The van der Waals surface area contributed by atoms with E-state index in [2.05, 4.69) is 21.2 Å². The van der Waals surface area contributed by atoms with Gasteiger partial charge in [0.2, 0.25) is 21.8 Å². The van der Waals surface area contributed by atoms with E-state index >= 15 is 0 Å². The van der Waals surface area contributed by atoms with Crippen LogP contribution in [-0.4, -0.2) is 57.6 Å². The van der Waals surface area contributed by atoms with Gasteiger partial charge in [-0.15, -0.1) is 0 Å². The number of methoxy groups -OCH3 is 1. The summed E-state index contributed by atoms with van der Waals surface area (Å²) in [6.45, 7) is 3.56. The van der Waals surface area contributed by atoms with Gasteiger partial charge < -0.3 is 15.0 Å². The van der Waals surface area contributed by atoms with Gasteiger partial charge in [0.15, 0.2) is 0 Å². The quantitative estimate of drug-likeness (QED) is 0.514. The highest BCUT2D eigenvalue weighted by Gasteiger charge is 2.29. The monoisotopic (exact) mass is 525 g/mol. The van der Waals surface area contributed by atoms with Crippen molar-refractivity contribution >= 4 is 43.5 Å². The summed E-state index contributed by atoms with van der Waals surface area (Å²) < 4.78 is 32.0. The third kappa shape index (κ3) is 6.96. The second-order valence-corrected chi connectivity index (χ2v) is 10.0. The molecule has 0 fully saturated rings. The molecule has 0 aliphatic rings. The van der Waals surface area contributed by atoms with Gasteiger partial charge in [-0.05, 0) is 55.8 Å². The molecule has 2 aromatic carbocycles. The van der Waals surface area contributed by atoms with Crippen LogP contribution in [0.2, 0.25) is 0 Å². The van der Waals surface area contributed by atoms with Crippen LogP contribution in [0.3, 0.4) is 0 Å². The number of carbonyl (C=O) groups is 2. The Morgan fingerprint density at radius 3 is 2.19 bits per heavy atom. The Morgan fingerprint density at radius 1 is 1.09 bits per heavy atom. The molecule has 8 nitrogen and oxygen atoms in total. The van der Waals surface area contributed by atoms with Crippen LogP contribution in [0.4, 0.5) is 5.69 Å². The van der Waals surface area contributed by atoms with Gasteiger partial charge in [0.05, 0.1) is 19.1 Å². The van der Waals surface area contributed by atoms with E-state index in [0.29, 0.717) is 18.0 Å². The first kappa shape index (κ1) is 25.7. The lowest BCUT2D eigenvalue weighted by atomic mass is 10.1. The fourth-order valence-corrected chi connectivity index (χ4v) is 4.17. The summed E-state index contributed by atoms with van der Waals surface area (Å²) in [4.78, 5) is 27.2. The standard InChI is InChI=1S/C22H28BrN3O5S/c1-5-24-22(28)16(2)25(14-17-6-8-18(23)9-7-17)21(27)15-26(32(4,29)30)19-10-12-20(31-3)13-11-19/h6-13,16H,5,14-15H2,1-4H3,(H,24,28). The number of sulfonamides is 1. The third-order valence-electron chi connectivity index (χ3n) is 4.82. The van der Waals surface area contributed by atoms with Gasteiger partial charge in [-0.1, -0.05) is 28.1 Å². The minimum atomic E-state index is -3.76. The van der Waals surface area contributed by atoms with Crippen molar-refractivity contribution in [3.8, 4) is 5.75 Å². The number of nitrogens with one attached hydrogen (secondary N) is 1. The highest BCUT2D eigenvalue weighted by Crippen LogP contribution is 2.22. The second kappa shape index (κ2) is 11.3. The van der Waals surface area contributed by atoms with E-state index in [1.165, 1.54) is 12.0 Å². The molecule has 1 unspecified atom stereocenters. The maximum absolute atomic E-state index is 13.3. The molecule has 32 heavy (non-hydrogen) atoms. The second-order valence-electron chi connectivity index (χ2n) is 7.19. The maximum atomic E-state index is 13.3. The van der Waals surface area contributed by atoms with Crippen LogP contribution in [0.15, 0.2) is 53.0 Å². The Kier molecular flexibility index (Phi) is 9.09. The Morgan fingerprint density at radius 2 is 1.69 bits per heavy atom. The highest BCUT2D eigenvalue weighted by molar-refractivity contribution is 9.10. The molecule has 0 aliphatic heterocycles. The first-order valence-corrected chi connectivity index (χ1v) is 12.6. The number of anilines is 1. The lowest BCUT2D eigenvalue weighted by Gasteiger charge is -2.31. The van der Waals surface area contributed by atoms with Crippen LogP contribution in [0.5, 0.6) is 5.75 Å². The van der Waals surface area contributed by atoms with Crippen molar-refractivity contribution in [2.24, 2.45) is 0 Å². The number of hydrogen-bond acceptors (Lipinski definition) is 5. The van der Waals surface area contributed by atoms with Gasteiger partial charge in [-0.2, -0.15) is 0 Å². The van der Waals surface area contributed by atoms with Gasteiger partial charge >= 0.3 is 0 Å². The van der Waals surface area contributed by atoms with Crippen molar-refractivity contribution in [2.45, 2.75) is 26.4 Å². The summed E-state index contributed by atoms with van der Waals surface area (Å²) in [7, 11) is -2.25. The van der Waals surface area contributed by atoms with Crippen LogP contribution in [-0.2, 0) is 26.2 Å². The van der Waals surface area contributed by atoms with Crippen LogP contribution >= 0.6 is 15.9 Å². The number of hydrogen-bond donors (Lipinski definition) is 1. The number of nitrogens with zero attached hydrogens (tertiary/aromatic N) is 2. The molecule has 174 valence electrons. The normalized spacial score (nSPS) is 12.0. The van der Waals surface area contributed by atoms with E-state index in [0.717, 1.165) is 20.6 Å². The molecular formula is C22H28BrN3O5S. The van der Waals surface area contributed by atoms with Crippen molar-refractivity contribution in [1.82, 2.24) is 10.2 Å². The predicted molar refractivity (Wildman–Crippen MR) is 128 cm³/mol. The lowest BCUT2D eigenvalue weighted by molar-refractivity contribution is -0.139. The SMILES string of the molecule is CCNC(=O)C(C)N(Cc1ccc(Br)cc1)C(=O)CN(c1ccc(OC)cc1)S(C)(=O)=O. The Labute approximate surface area is 197 Å². The topological polar surface area (TPSA) is 96.0 Å². The first-order valence-electron chi connectivity index (χ1n) is 10.00. The largest absolute Gasteiger partial charge is 0.497 e. The van der Waals surface area contributed by atoms with E-state index in [9.17, 15) is 18.0 Å². The smallest absolute Gasteiger partial charge is 0.244 e.